The molecule has 0 aliphatic heterocycles. The number of carbonyl (C=O) groups excluding carboxylic acids is 1. The van der Waals surface area contributed by atoms with Crippen molar-refractivity contribution in [3.8, 4) is 0 Å². The van der Waals surface area contributed by atoms with Crippen LogP contribution in [0.25, 0.3) is 5.57 Å². The van der Waals surface area contributed by atoms with Gasteiger partial charge < -0.3 is 9.15 Å². The van der Waals surface area contributed by atoms with Crippen LogP contribution in [-0.2, 0) is 9.53 Å². The molecule has 0 radical (unpaired) electrons. The molecule has 1 heterocycles. The maximum Gasteiger partial charge on any atom is 0.331 e. The van der Waals surface area contributed by atoms with E-state index in [1.165, 1.54) is 57.8 Å². The van der Waals surface area contributed by atoms with E-state index < -0.39 is 8.07 Å². The van der Waals surface area contributed by atoms with Gasteiger partial charge in [0.1, 0.15) is 8.07 Å². The van der Waals surface area contributed by atoms with E-state index in [1.54, 1.807) is 6.08 Å². The zero-order chi connectivity index (χ0) is 20.8. The molecule has 1 aromatic rings. The first kappa shape index (κ1) is 24.7. The number of unbranched alkanes of at least 4 members (excludes halogenated alkanes) is 9. The maximum absolute atomic E-state index is 12.0. The molecule has 0 atom stereocenters. The molecule has 160 valence electrons. The molecule has 0 saturated heterocycles. The minimum absolute atomic E-state index is 0.250. The molecule has 4 heteroatoms. The number of rotatable bonds is 15. The van der Waals surface area contributed by atoms with Crippen LogP contribution in [0.4, 0.5) is 0 Å². The molecular formula is C24H42O3Si. The van der Waals surface area contributed by atoms with Gasteiger partial charge in [-0.05, 0) is 31.4 Å². The van der Waals surface area contributed by atoms with E-state index in [1.807, 2.05) is 13.2 Å². The lowest BCUT2D eigenvalue weighted by molar-refractivity contribution is -0.137. The lowest BCUT2D eigenvalue weighted by Gasteiger charge is -2.10. The van der Waals surface area contributed by atoms with Crippen molar-refractivity contribution >= 4 is 25.0 Å². The van der Waals surface area contributed by atoms with Gasteiger partial charge in [-0.2, -0.15) is 0 Å². The fraction of sp³-hybridized carbons (Fsp3) is 0.708. The predicted octanol–water partition coefficient (Wildman–Crippen LogP) is 7.08. The van der Waals surface area contributed by atoms with Gasteiger partial charge in [0.25, 0.3) is 0 Å². The van der Waals surface area contributed by atoms with Gasteiger partial charge in [0.15, 0.2) is 0 Å². The largest absolute Gasteiger partial charge is 0.474 e. The predicted molar refractivity (Wildman–Crippen MR) is 123 cm³/mol. The molecule has 0 saturated carbocycles. The molecule has 0 spiro atoms. The number of hydrogen-bond donors (Lipinski definition) is 0. The topological polar surface area (TPSA) is 39.4 Å². The van der Waals surface area contributed by atoms with Gasteiger partial charge in [-0.15, -0.1) is 0 Å². The van der Waals surface area contributed by atoms with Crippen LogP contribution in [-0.4, -0.2) is 20.7 Å². The summed E-state index contributed by atoms with van der Waals surface area (Å²) in [5, 5.41) is 1.08. The van der Waals surface area contributed by atoms with E-state index in [0.717, 1.165) is 29.4 Å². The summed E-state index contributed by atoms with van der Waals surface area (Å²) in [5.74, 6) is -0.250. The molecule has 0 amide bonds. The third-order valence-electron chi connectivity index (χ3n) is 5.09. The summed E-state index contributed by atoms with van der Waals surface area (Å²) in [7, 11) is -1.49. The molecule has 0 bridgehead atoms. The number of furan rings is 1. The summed E-state index contributed by atoms with van der Waals surface area (Å²) < 4.78 is 11.0. The average molecular weight is 407 g/mol. The molecule has 0 N–H and O–H groups in total. The van der Waals surface area contributed by atoms with Crippen LogP contribution in [0.15, 0.2) is 22.8 Å². The molecule has 28 heavy (non-hydrogen) atoms. The molecule has 1 rings (SSSR count). The standard InChI is InChI=1S/C24H42O3Si/c1-6-8-9-10-11-12-13-14-15-16-17-21(18-23(25)26-7-2)22-19-24(27-20-22)28(3,4)5/h18-20H,6-17H2,1-5H3/b21-18-. The molecule has 3 nitrogen and oxygen atoms in total. The van der Waals surface area contributed by atoms with Crippen molar-refractivity contribution in [3.63, 3.8) is 0 Å². The minimum atomic E-state index is -1.49. The minimum Gasteiger partial charge on any atom is -0.474 e. The first-order valence-electron chi connectivity index (χ1n) is 11.3. The van der Waals surface area contributed by atoms with Crippen molar-refractivity contribution in [1.82, 2.24) is 0 Å². The van der Waals surface area contributed by atoms with Crippen molar-refractivity contribution in [1.29, 1.82) is 0 Å². The Morgan fingerprint density at radius 1 is 0.964 bits per heavy atom. The van der Waals surface area contributed by atoms with Crippen molar-refractivity contribution in [2.24, 2.45) is 0 Å². The van der Waals surface area contributed by atoms with Crippen molar-refractivity contribution in [3.05, 3.63) is 24.0 Å². The monoisotopic (exact) mass is 406 g/mol. The highest BCUT2D eigenvalue weighted by Gasteiger charge is 2.22. The van der Waals surface area contributed by atoms with Crippen molar-refractivity contribution in [2.75, 3.05) is 6.61 Å². The first-order valence-corrected chi connectivity index (χ1v) is 14.8. The molecule has 0 aliphatic rings. The average Bonchev–Trinajstić information content (AvgIpc) is 3.13. The van der Waals surface area contributed by atoms with Crippen molar-refractivity contribution in [2.45, 2.75) is 104 Å². The van der Waals surface area contributed by atoms with E-state index in [0.29, 0.717) is 6.61 Å². The van der Waals surface area contributed by atoms with Crippen LogP contribution in [0.5, 0.6) is 0 Å². The van der Waals surface area contributed by atoms with Gasteiger partial charge in [0, 0.05) is 11.6 Å². The van der Waals surface area contributed by atoms with Gasteiger partial charge in [-0.25, -0.2) is 4.79 Å². The number of hydrogen-bond acceptors (Lipinski definition) is 3. The Bertz CT molecular complexity index is 581. The van der Waals surface area contributed by atoms with Gasteiger partial charge in [0.2, 0.25) is 0 Å². The zero-order valence-corrected chi connectivity index (χ0v) is 19.9. The Morgan fingerprint density at radius 2 is 1.54 bits per heavy atom. The quantitative estimate of drug-likeness (QED) is 0.135. The Kier molecular flexibility index (Phi) is 12.2. The Labute approximate surface area is 173 Å². The second kappa shape index (κ2) is 13.8. The van der Waals surface area contributed by atoms with Crippen LogP contribution < -0.4 is 5.38 Å². The van der Waals surface area contributed by atoms with Gasteiger partial charge in [0.05, 0.1) is 18.3 Å². The highest BCUT2D eigenvalue weighted by atomic mass is 28.3. The fourth-order valence-electron chi connectivity index (χ4n) is 3.33. The van der Waals surface area contributed by atoms with E-state index in [9.17, 15) is 4.79 Å². The van der Waals surface area contributed by atoms with Crippen LogP contribution in [0.1, 0.15) is 90.0 Å². The number of carbonyl (C=O) groups is 1. The third kappa shape index (κ3) is 10.3. The van der Waals surface area contributed by atoms with Gasteiger partial charge in [-0.3, -0.25) is 0 Å². The Balaban J connectivity index is 2.47. The molecule has 0 fully saturated rings. The smallest absolute Gasteiger partial charge is 0.331 e. The van der Waals surface area contributed by atoms with Crippen LogP contribution >= 0.6 is 0 Å². The fourth-order valence-corrected chi connectivity index (χ4v) is 4.33. The summed E-state index contributed by atoms with van der Waals surface area (Å²) in [6.07, 6.45) is 17.5. The highest BCUT2D eigenvalue weighted by molar-refractivity contribution is 6.87. The Morgan fingerprint density at radius 3 is 2.04 bits per heavy atom. The third-order valence-corrected chi connectivity index (χ3v) is 6.83. The summed E-state index contributed by atoms with van der Waals surface area (Å²) >= 11 is 0. The van der Waals surface area contributed by atoms with Crippen LogP contribution in [0.2, 0.25) is 19.6 Å². The molecule has 1 aromatic heterocycles. The van der Waals surface area contributed by atoms with Gasteiger partial charge >= 0.3 is 5.97 Å². The lowest BCUT2D eigenvalue weighted by atomic mass is 10.00. The number of allylic oxidation sites excluding steroid dienone is 1. The second-order valence-corrected chi connectivity index (χ2v) is 13.8. The van der Waals surface area contributed by atoms with E-state index in [-0.39, 0.29) is 5.97 Å². The van der Waals surface area contributed by atoms with E-state index >= 15 is 0 Å². The summed E-state index contributed by atoms with van der Waals surface area (Å²) in [5.41, 5.74) is 2.09. The second-order valence-electron chi connectivity index (χ2n) is 8.80. The Hall–Kier alpha value is -1.29. The highest BCUT2D eigenvalue weighted by Crippen LogP contribution is 2.23. The SMILES string of the molecule is CCCCCCCCCCCC/C(=C/C(=O)OCC)c1coc([Si](C)(C)C)c1. The normalized spacial score (nSPS) is 12.4. The number of ether oxygens (including phenoxy) is 1. The maximum atomic E-state index is 12.0. The lowest BCUT2D eigenvalue weighted by Crippen LogP contribution is -2.36. The first-order chi connectivity index (χ1) is 13.4. The van der Waals surface area contributed by atoms with E-state index in [4.69, 9.17) is 9.15 Å². The molecular weight excluding hydrogens is 364 g/mol. The van der Waals surface area contributed by atoms with Crippen molar-refractivity contribution < 1.29 is 13.9 Å². The van der Waals surface area contributed by atoms with E-state index in [2.05, 4.69) is 32.6 Å². The zero-order valence-electron chi connectivity index (χ0n) is 18.9. The molecule has 0 aromatic carbocycles. The summed E-state index contributed by atoms with van der Waals surface area (Å²) in [6.45, 7) is 11.3. The van der Waals surface area contributed by atoms with Gasteiger partial charge in [-0.1, -0.05) is 84.4 Å². The molecule has 0 aliphatic carbocycles. The van der Waals surface area contributed by atoms with Crippen LogP contribution in [0, 0.1) is 0 Å². The summed E-state index contributed by atoms with van der Waals surface area (Å²) in [4.78, 5) is 12.0. The van der Waals surface area contributed by atoms with Crippen LogP contribution in [0.3, 0.4) is 0 Å². The summed E-state index contributed by atoms with van der Waals surface area (Å²) in [6, 6.07) is 2.13. The number of esters is 1. The molecule has 0 unspecified atom stereocenters.